The van der Waals surface area contributed by atoms with E-state index in [9.17, 15) is 10.1 Å². The average molecular weight is 285 g/mol. The number of hydrogen-bond donors (Lipinski definition) is 1. The molecular formula is C13H23N3O2S. The molecule has 0 spiro atoms. The van der Waals surface area contributed by atoms with Crippen LogP contribution in [0.25, 0.3) is 0 Å². The van der Waals surface area contributed by atoms with Crippen LogP contribution in [-0.4, -0.2) is 35.0 Å². The van der Waals surface area contributed by atoms with E-state index in [1.807, 2.05) is 6.07 Å². The molecule has 0 saturated heterocycles. The fourth-order valence-corrected chi connectivity index (χ4v) is 2.88. The molecule has 19 heavy (non-hydrogen) atoms. The second-order valence-corrected chi connectivity index (χ2v) is 6.25. The van der Waals surface area contributed by atoms with Crippen molar-refractivity contribution >= 4 is 16.3 Å². The molecular weight excluding hydrogens is 262 g/mol. The minimum absolute atomic E-state index is 0.211. The molecule has 0 aromatic carbocycles. The van der Waals surface area contributed by atoms with Crippen LogP contribution in [0.2, 0.25) is 0 Å². The lowest BCUT2D eigenvalue weighted by Crippen LogP contribution is -2.41. The van der Waals surface area contributed by atoms with Gasteiger partial charge in [-0.05, 0) is 33.8 Å². The molecule has 0 fully saturated rings. The predicted octanol–water partition coefficient (Wildman–Crippen LogP) is 2.86. The molecule has 0 radical (unpaired) electrons. The van der Waals surface area contributed by atoms with E-state index in [0.29, 0.717) is 18.6 Å². The van der Waals surface area contributed by atoms with Gasteiger partial charge in [0.05, 0.1) is 4.92 Å². The summed E-state index contributed by atoms with van der Waals surface area (Å²) in [5, 5.41) is 14.1. The highest BCUT2D eigenvalue weighted by Crippen LogP contribution is 2.23. The lowest BCUT2D eigenvalue weighted by Gasteiger charge is -2.30. The monoisotopic (exact) mass is 285 g/mol. The third-order valence-electron chi connectivity index (χ3n) is 3.00. The Morgan fingerprint density at radius 1 is 1.32 bits per heavy atom. The zero-order valence-corrected chi connectivity index (χ0v) is 12.9. The van der Waals surface area contributed by atoms with E-state index in [4.69, 9.17) is 0 Å². The zero-order chi connectivity index (χ0) is 14.4. The topological polar surface area (TPSA) is 58.4 Å². The molecule has 0 atom stereocenters. The summed E-state index contributed by atoms with van der Waals surface area (Å²) in [7, 11) is 0. The fraction of sp³-hybridized carbons (Fsp3) is 0.692. The van der Waals surface area contributed by atoms with Crippen LogP contribution in [0.3, 0.4) is 0 Å². The average Bonchev–Trinajstić information content (AvgIpc) is 2.76. The highest BCUT2D eigenvalue weighted by atomic mass is 32.1. The summed E-state index contributed by atoms with van der Waals surface area (Å²) in [6, 6.07) is 4.45. The van der Waals surface area contributed by atoms with Crippen molar-refractivity contribution in [3.8, 4) is 0 Å². The van der Waals surface area contributed by atoms with Crippen LogP contribution in [-0.2, 0) is 6.54 Å². The van der Waals surface area contributed by atoms with Gasteiger partial charge in [-0.15, -0.1) is 0 Å². The van der Waals surface area contributed by atoms with Crippen LogP contribution in [0, 0.1) is 10.1 Å². The molecule has 1 heterocycles. The summed E-state index contributed by atoms with van der Waals surface area (Å²) >= 11 is 1.24. The number of rotatable bonds is 8. The molecule has 1 aromatic heterocycles. The van der Waals surface area contributed by atoms with E-state index in [0.717, 1.165) is 18.0 Å². The second kappa shape index (κ2) is 7.57. The molecule has 0 aliphatic carbocycles. The Labute approximate surface area is 118 Å². The molecule has 1 N–H and O–H groups in total. The Bertz CT molecular complexity index is 396. The van der Waals surface area contributed by atoms with Gasteiger partial charge in [0.25, 0.3) is 0 Å². The van der Waals surface area contributed by atoms with Gasteiger partial charge < -0.3 is 5.32 Å². The van der Waals surface area contributed by atoms with Crippen LogP contribution in [0.5, 0.6) is 0 Å². The molecule has 6 heteroatoms. The number of thiophene rings is 1. The first-order valence-corrected chi connectivity index (χ1v) is 7.43. The van der Waals surface area contributed by atoms with Gasteiger partial charge in [0.1, 0.15) is 0 Å². The van der Waals surface area contributed by atoms with Crippen molar-refractivity contribution in [3.05, 3.63) is 27.1 Å². The molecule has 1 rings (SSSR count). The summed E-state index contributed by atoms with van der Waals surface area (Å²) in [6.45, 7) is 11.4. The SMILES string of the molecule is CC(C)N(CCNCc1ccc([N+](=O)[O-])s1)C(C)C. The smallest absolute Gasteiger partial charge is 0.311 e. The van der Waals surface area contributed by atoms with Crippen LogP contribution in [0.15, 0.2) is 12.1 Å². The third kappa shape index (κ3) is 5.26. The third-order valence-corrected chi connectivity index (χ3v) is 4.04. The highest BCUT2D eigenvalue weighted by molar-refractivity contribution is 7.15. The van der Waals surface area contributed by atoms with Gasteiger partial charge in [0.2, 0.25) is 0 Å². The standard InChI is InChI=1S/C13H23N3O2S/c1-10(2)15(11(3)4)8-7-14-9-12-5-6-13(19-12)16(17)18/h5-6,10-11,14H,7-9H2,1-4H3. The van der Waals surface area contributed by atoms with E-state index in [1.165, 1.54) is 11.3 Å². The maximum Gasteiger partial charge on any atom is 0.324 e. The number of hydrogen-bond acceptors (Lipinski definition) is 5. The van der Waals surface area contributed by atoms with E-state index in [2.05, 4.69) is 37.9 Å². The summed E-state index contributed by atoms with van der Waals surface area (Å²) in [5.41, 5.74) is 0. The van der Waals surface area contributed by atoms with Crippen molar-refractivity contribution in [1.82, 2.24) is 10.2 Å². The first-order valence-electron chi connectivity index (χ1n) is 6.61. The van der Waals surface area contributed by atoms with E-state index in [1.54, 1.807) is 6.07 Å². The van der Waals surface area contributed by atoms with Crippen LogP contribution in [0.1, 0.15) is 32.6 Å². The Morgan fingerprint density at radius 2 is 1.95 bits per heavy atom. The summed E-state index contributed by atoms with van der Waals surface area (Å²) in [5.74, 6) is 0. The van der Waals surface area contributed by atoms with Crippen molar-refractivity contribution in [1.29, 1.82) is 0 Å². The highest BCUT2D eigenvalue weighted by Gasteiger charge is 2.13. The summed E-state index contributed by atoms with van der Waals surface area (Å²) in [6.07, 6.45) is 0. The van der Waals surface area contributed by atoms with Gasteiger partial charge in [-0.3, -0.25) is 15.0 Å². The van der Waals surface area contributed by atoms with Crippen LogP contribution < -0.4 is 5.32 Å². The summed E-state index contributed by atoms with van der Waals surface area (Å²) < 4.78 is 0. The maximum atomic E-state index is 10.6. The molecule has 1 aromatic rings. The van der Waals surface area contributed by atoms with Gasteiger partial charge >= 0.3 is 5.00 Å². The van der Waals surface area contributed by atoms with Gasteiger partial charge in [0.15, 0.2) is 0 Å². The van der Waals surface area contributed by atoms with Crippen molar-refractivity contribution in [2.75, 3.05) is 13.1 Å². The predicted molar refractivity (Wildman–Crippen MR) is 79.7 cm³/mol. The first-order chi connectivity index (χ1) is 8.91. The zero-order valence-electron chi connectivity index (χ0n) is 12.0. The molecule has 0 amide bonds. The van der Waals surface area contributed by atoms with E-state index < -0.39 is 0 Å². The Balaban J connectivity index is 2.31. The molecule has 5 nitrogen and oxygen atoms in total. The van der Waals surface area contributed by atoms with Gasteiger partial charge in [-0.2, -0.15) is 0 Å². The van der Waals surface area contributed by atoms with E-state index in [-0.39, 0.29) is 9.92 Å². The Morgan fingerprint density at radius 3 is 2.42 bits per heavy atom. The fourth-order valence-electron chi connectivity index (χ4n) is 2.09. The Hall–Kier alpha value is -0.980. The molecule has 0 unspecified atom stereocenters. The molecule has 0 aliphatic heterocycles. The van der Waals surface area contributed by atoms with Crippen LogP contribution >= 0.6 is 11.3 Å². The maximum absolute atomic E-state index is 10.6. The first kappa shape index (κ1) is 16.1. The number of nitrogens with zero attached hydrogens (tertiary/aromatic N) is 2. The number of nitro groups is 1. The Kier molecular flexibility index (Phi) is 6.41. The minimum atomic E-state index is -0.340. The van der Waals surface area contributed by atoms with Crippen molar-refractivity contribution in [3.63, 3.8) is 0 Å². The largest absolute Gasteiger partial charge is 0.324 e. The molecule has 0 bridgehead atoms. The minimum Gasteiger partial charge on any atom is -0.311 e. The van der Waals surface area contributed by atoms with Gasteiger partial charge in [-0.25, -0.2) is 0 Å². The van der Waals surface area contributed by atoms with Crippen LogP contribution in [0.4, 0.5) is 5.00 Å². The lowest BCUT2D eigenvalue weighted by atomic mass is 10.2. The number of nitrogens with one attached hydrogen (secondary N) is 1. The van der Waals surface area contributed by atoms with Crippen molar-refractivity contribution in [2.24, 2.45) is 0 Å². The summed E-state index contributed by atoms with van der Waals surface area (Å²) in [4.78, 5) is 13.7. The lowest BCUT2D eigenvalue weighted by molar-refractivity contribution is -0.380. The molecule has 108 valence electrons. The molecule has 0 saturated carbocycles. The molecule has 0 aliphatic rings. The normalized spacial score (nSPS) is 11.7. The van der Waals surface area contributed by atoms with Crippen molar-refractivity contribution < 1.29 is 4.92 Å². The quantitative estimate of drug-likeness (QED) is 0.453. The van der Waals surface area contributed by atoms with Gasteiger partial charge in [-0.1, -0.05) is 11.3 Å². The van der Waals surface area contributed by atoms with E-state index >= 15 is 0 Å². The second-order valence-electron chi connectivity index (χ2n) is 5.10. The van der Waals surface area contributed by atoms with Gasteiger partial charge in [0, 0.05) is 42.7 Å². The van der Waals surface area contributed by atoms with Crippen molar-refractivity contribution in [2.45, 2.75) is 46.3 Å².